The predicted octanol–water partition coefficient (Wildman–Crippen LogP) is 4.67. The van der Waals surface area contributed by atoms with Gasteiger partial charge in [-0.25, -0.2) is 0 Å². The molecule has 1 aromatic rings. The van der Waals surface area contributed by atoms with E-state index in [0.717, 1.165) is 29.1 Å². The molecule has 0 bridgehead atoms. The Morgan fingerprint density at radius 2 is 1.81 bits per heavy atom. The summed E-state index contributed by atoms with van der Waals surface area (Å²) in [7, 11) is 0. The van der Waals surface area contributed by atoms with Gasteiger partial charge in [0.25, 0.3) is 0 Å². The van der Waals surface area contributed by atoms with Crippen LogP contribution in [0, 0.1) is 0 Å². The van der Waals surface area contributed by atoms with Gasteiger partial charge in [-0.3, -0.25) is 0 Å². The number of ether oxygens (including phenoxy) is 2. The van der Waals surface area contributed by atoms with E-state index >= 15 is 0 Å². The van der Waals surface area contributed by atoms with Gasteiger partial charge in [0, 0.05) is 6.54 Å². The Kier molecular flexibility index (Phi) is 7.37. The highest BCUT2D eigenvalue weighted by Gasteiger charge is 2.15. The molecule has 0 unspecified atom stereocenters. The van der Waals surface area contributed by atoms with Crippen molar-refractivity contribution in [2.45, 2.75) is 52.0 Å². The molecule has 2 rings (SSSR count). The van der Waals surface area contributed by atoms with E-state index in [1.807, 2.05) is 0 Å². The van der Waals surface area contributed by atoms with Crippen LogP contribution in [0.15, 0.2) is 16.6 Å². The maximum absolute atomic E-state index is 5.64. The quantitative estimate of drug-likeness (QED) is 0.652. The molecule has 4 heteroatoms. The van der Waals surface area contributed by atoms with Crippen molar-refractivity contribution in [1.29, 1.82) is 0 Å². The third-order valence-electron chi connectivity index (χ3n) is 3.69. The van der Waals surface area contributed by atoms with Crippen LogP contribution < -0.4 is 14.8 Å². The number of benzene rings is 1. The first-order valence-electron chi connectivity index (χ1n) is 8.10. The second-order valence-electron chi connectivity index (χ2n) is 5.55. The Bertz CT molecular complexity index is 437. The molecule has 1 aromatic carbocycles. The van der Waals surface area contributed by atoms with E-state index in [1.54, 1.807) is 0 Å². The summed E-state index contributed by atoms with van der Waals surface area (Å²) in [6.07, 6.45) is 8.03. The van der Waals surface area contributed by atoms with Crippen LogP contribution in [-0.4, -0.2) is 19.8 Å². The first-order chi connectivity index (χ1) is 10.3. The number of unbranched alkanes of at least 4 members (excludes halogenated alkanes) is 5. The predicted molar refractivity (Wildman–Crippen MR) is 90.2 cm³/mol. The molecule has 118 valence electrons. The van der Waals surface area contributed by atoms with Gasteiger partial charge in [0.15, 0.2) is 11.5 Å². The molecule has 0 saturated heterocycles. The molecule has 0 aromatic heterocycles. The number of fused-ring (bicyclic) bond motifs is 1. The number of hydrogen-bond acceptors (Lipinski definition) is 3. The average molecular weight is 356 g/mol. The van der Waals surface area contributed by atoms with Crippen LogP contribution in [0.5, 0.6) is 11.5 Å². The minimum Gasteiger partial charge on any atom is -0.486 e. The Labute approximate surface area is 136 Å². The summed E-state index contributed by atoms with van der Waals surface area (Å²) >= 11 is 3.56. The van der Waals surface area contributed by atoms with E-state index in [1.165, 1.54) is 44.1 Å². The van der Waals surface area contributed by atoms with Crippen molar-refractivity contribution < 1.29 is 9.47 Å². The number of hydrogen-bond donors (Lipinski definition) is 1. The van der Waals surface area contributed by atoms with Crippen molar-refractivity contribution in [1.82, 2.24) is 5.32 Å². The summed E-state index contributed by atoms with van der Waals surface area (Å²) in [6, 6.07) is 4.19. The van der Waals surface area contributed by atoms with Crippen molar-refractivity contribution in [3.8, 4) is 11.5 Å². The number of rotatable bonds is 9. The summed E-state index contributed by atoms with van der Waals surface area (Å²) < 4.78 is 12.2. The first kappa shape index (κ1) is 16.6. The largest absolute Gasteiger partial charge is 0.486 e. The minimum absolute atomic E-state index is 0.626. The van der Waals surface area contributed by atoms with Crippen molar-refractivity contribution in [3.05, 3.63) is 22.2 Å². The lowest BCUT2D eigenvalue weighted by Gasteiger charge is -2.20. The second-order valence-corrected chi connectivity index (χ2v) is 6.40. The topological polar surface area (TPSA) is 30.5 Å². The zero-order chi connectivity index (χ0) is 14.9. The van der Waals surface area contributed by atoms with Gasteiger partial charge in [-0.15, -0.1) is 0 Å². The highest BCUT2D eigenvalue weighted by Crippen LogP contribution is 2.38. The summed E-state index contributed by atoms with van der Waals surface area (Å²) in [6.45, 7) is 5.48. The van der Waals surface area contributed by atoms with Gasteiger partial charge in [0.05, 0.1) is 4.47 Å². The van der Waals surface area contributed by atoms with Crippen molar-refractivity contribution >= 4 is 15.9 Å². The zero-order valence-corrected chi connectivity index (χ0v) is 14.5. The molecule has 0 atom stereocenters. The Morgan fingerprint density at radius 3 is 2.67 bits per heavy atom. The zero-order valence-electron chi connectivity index (χ0n) is 12.9. The number of nitrogens with one attached hydrogen (secondary N) is 1. The molecular formula is C17H26BrNO2. The normalized spacial score (nSPS) is 13.4. The third-order valence-corrected chi connectivity index (χ3v) is 4.28. The Balaban J connectivity index is 1.68. The molecule has 3 nitrogen and oxygen atoms in total. The molecule has 0 fully saturated rings. The standard InChI is InChI=1S/C17H26BrNO2/c1-2-3-4-5-6-7-8-19-13-14-11-15(18)17-16(12-14)20-9-10-21-17/h11-12,19H,2-10,13H2,1H3. The molecule has 1 heterocycles. The molecule has 0 radical (unpaired) electrons. The molecule has 1 N–H and O–H groups in total. The highest BCUT2D eigenvalue weighted by molar-refractivity contribution is 9.10. The molecule has 21 heavy (non-hydrogen) atoms. The fraction of sp³-hybridized carbons (Fsp3) is 0.647. The lowest BCUT2D eigenvalue weighted by molar-refractivity contribution is 0.170. The van der Waals surface area contributed by atoms with E-state index in [4.69, 9.17) is 9.47 Å². The molecule has 0 aliphatic carbocycles. The Morgan fingerprint density at radius 1 is 1.05 bits per heavy atom. The van der Waals surface area contributed by atoms with Crippen LogP contribution in [0.3, 0.4) is 0 Å². The summed E-state index contributed by atoms with van der Waals surface area (Å²) in [5, 5.41) is 3.51. The smallest absolute Gasteiger partial charge is 0.175 e. The number of halogens is 1. The lowest BCUT2D eigenvalue weighted by Crippen LogP contribution is -2.18. The van der Waals surface area contributed by atoms with E-state index in [-0.39, 0.29) is 0 Å². The summed E-state index contributed by atoms with van der Waals surface area (Å²) in [5.41, 5.74) is 1.23. The second kappa shape index (κ2) is 9.31. The van der Waals surface area contributed by atoms with Gasteiger partial charge in [0.2, 0.25) is 0 Å². The molecule has 0 amide bonds. The van der Waals surface area contributed by atoms with Crippen molar-refractivity contribution in [2.75, 3.05) is 19.8 Å². The van der Waals surface area contributed by atoms with Gasteiger partial charge in [-0.05, 0) is 46.6 Å². The Hall–Kier alpha value is -0.740. The maximum Gasteiger partial charge on any atom is 0.175 e. The monoisotopic (exact) mass is 355 g/mol. The van der Waals surface area contributed by atoms with Crippen LogP contribution in [-0.2, 0) is 6.54 Å². The van der Waals surface area contributed by atoms with Crippen LogP contribution in [0.2, 0.25) is 0 Å². The molecule has 0 spiro atoms. The fourth-order valence-electron chi connectivity index (χ4n) is 2.53. The van der Waals surface area contributed by atoms with Gasteiger partial charge in [0.1, 0.15) is 13.2 Å². The summed E-state index contributed by atoms with van der Waals surface area (Å²) in [5.74, 6) is 1.69. The van der Waals surface area contributed by atoms with E-state index in [2.05, 4.69) is 40.3 Å². The minimum atomic E-state index is 0.626. The molecular weight excluding hydrogens is 330 g/mol. The van der Waals surface area contributed by atoms with Gasteiger partial charge < -0.3 is 14.8 Å². The lowest BCUT2D eigenvalue weighted by atomic mass is 10.1. The van der Waals surface area contributed by atoms with Crippen LogP contribution in [0.4, 0.5) is 0 Å². The van der Waals surface area contributed by atoms with Crippen LogP contribution >= 0.6 is 15.9 Å². The fourth-order valence-corrected chi connectivity index (χ4v) is 3.13. The highest BCUT2D eigenvalue weighted by atomic mass is 79.9. The first-order valence-corrected chi connectivity index (χ1v) is 8.89. The SMILES string of the molecule is CCCCCCCCNCc1cc(Br)c2c(c1)OCCO2. The average Bonchev–Trinajstić information content (AvgIpc) is 2.50. The third kappa shape index (κ3) is 5.51. The van der Waals surface area contributed by atoms with Crippen molar-refractivity contribution in [2.24, 2.45) is 0 Å². The van der Waals surface area contributed by atoms with E-state index in [0.29, 0.717) is 13.2 Å². The van der Waals surface area contributed by atoms with Gasteiger partial charge in [-0.1, -0.05) is 39.0 Å². The van der Waals surface area contributed by atoms with Crippen LogP contribution in [0.25, 0.3) is 0 Å². The van der Waals surface area contributed by atoms with Gasteiger partial charge in [-0.2, -0.15) is 0 Å². The van der Waals surface area contributed by atoms with E-state index in [9.17, 15) is 0 Å². The van der Waals surface area contributed by atoms with E-state index < -0.39 is 0 Å². The van der Waals surface area contributed by atoms with Crippen LogP contribution in [0.1, 0.15) is 51.0 Å². The maximum atomic E-state index is 5.64. The molecule has 1 aliphatic heterocycles. The summed E-state index contributed by atoms with van der Waals surface area (Å²) in [4.78, 5) is 0. The van der Waals surface area contributed by atoms with Crippen molar-refractivity contribution in [3.63, 3.8) is 0 Å². The molecule has 0 saturated carbocycles. The molecule has 1 aliphatic rings. The van der Waals surface area contributed by atoms with Gasteiger partial charge >= 0.3 is 0 Å².